The van der Waals surface area contributed by atoms with Gasteiger partial charge in [0.1, 0.15) is 6.61 Å². The summed E-state index contributed by atoms with van der Waals surface area (Å²) in [5.74, 6) is 1.28. The first-order chi connectivity index (χ1) is 14.0. The smallest absolute Gasteiger partial charge is 0.174 e. The van der Waals surface area contributed by atoms with Crippen LogP contribution in [-0.2, 0) is 6.61 Å². The number of nitrogens with zero attached hydrogens (tertiary/aromatic N) is 1. The van der Waals surface area contributed by atoms with E-state index >= 15 is 0 Å². The highest BCUT2D eigenvalue weighted by Gasteiger charge is 2.12. The SMILES string of the molecule is COc1cc(/C=C(/C#N)c2ccc(Br)cc2)cc(I)c1OCc1ccc(Cl)cc1. The Morgan fingerprint density at radius 2 is 1.83 bits per heavy atom. The van der Waals surface area contributed by atoms with Gasteiger partial charge >= 0.3 is 0 Å². The molecule has 0 heterocycles. The zero-order valence-electron chi connectivity index (χ0n) is 15.5. The number of hydrogen-bond acceptors (Lipinski definition) is 3. The van der Waals surface area contributed by atoms with E-state index in [1.165, 1.54) is 0 Å². The summed E-state index contributed by atoms with van der Waals surface area (Å²) < 4.78 is 13.4. The molecule has 0 aliphatic rings. The molecule has 0 atom stereocenters. The summed E-state index contributed by atoms with van der Waals surface area (Å²) >= 11 is 11.6. The third-order valence-corrected chi connectivity index (χ3v) is 5.72. The lowest BCUT2D eigenvalue weighted by molar-refractivity contribution is 0.282. The molecule has 0 N–H and O–H groups in total. The van der Waals surface area contributed by atoms with E-state index in [-0.39, 0.29) is 0 Å². The molecule has 0 unspecified atom stereocenters. The van der Waals surface area contributed by atoms with Gasteiger partial charge in [-0.1, -0.05) is 51.8 Å². The van der Waals surface area contributed by atoms with Crippen molar-refractivity contribution in [2.75, 3.05) is 7.11 Å². The lowest BCUT2D eigenvalue weighted by Gasteiger charge is -2.14. The van der Waals surface area contributed by atoms with Gasteiger partial charge in [0.25, 0.3) is 0 Å². The molecular weight excluding hydrogens is 565 g/mol. The summed E-state index contributed by atoms with van der Waals surface area (Å²) in [6, 6.07) is 21.3. The second kappa shape index (κ2) is 10.1. The maximum absolute atomic E-state index is 9.59. The molecule has 3 nitrogen and oxygen atoms in total. The second-order valence-electron chi connectivity index (χ2n) is 6.13. The Morgan fingerprint density at radius 1 is 1.14 bits per heavy atom. The van der Waals surface area contributed by atoms with Crippen LogP contribution in [-0.4, -0.2) is 7.11 Å². The van der Waals surface area contributed by atoms with Crippen LogP contribution in [0.4, 0.5) is 0 Å². The van der Waals surface area contributed by atoms with E-state index < -0.39 is 0 Å². The van der Waals surface area contributed by atoms with Gasteiger partial charge in [-0.3, -0.25) is 0 Å². The number of hydrogen-bond donors (Lipinski definition) is 0. The molecule has 0 radical (unpaired) electrons. The Labute approximate surface area is 197 Å². The highest BCUT2D eigenvalue weighted by Crippen LogP contribution is 2.35. The van der Waals surface area contributed by atoms with E-state index in [0.29, 0.717) is 28.7 Å². The van der Waals surface area contributed by atoms with Crippen molar-refractivity contribution in [1.82, 2.24) is 0 Å². The van der Waals surface area contributed by atoms with Crippen LogP contribution in [0.2, 0.25) is 5.02 Å². The maximum atomic E-state index is 9.59. The lowest BCUT2D eigenvalue weighted by Crippen LogP contribution is -2.00. The molecule has 29 heavy (non-hydrogen) atoms. The Balaban J connectivity index is 1.88. The highest BCUT2D eigenvalue weighted by atomic mass is 127. The Kier molecular flexibility index (Phi) is 7.59. The molecule has 0 aliphatic carbocycles. The van der Waals surface area contributed by atoms with Gasteiger partial charge in [-0.2, -0.15) is 5.26 Å². The highest BCUT2D eigenvalue weighted by molar-refractivity contribution is 14.1. The number of allylic oxidation sites excluding steroid dienone is 1. The minimum Gasteiger partial charge on any atom is -0.493 e. The van der Waals surface area contributed by atoms with Gasteiger partial charge in [0, 0.05) is 9.50 Å². The molecule has 0 aromatic heterocycles. The first-order valence-electron chi connectivity index (χ1n) is 8.62. The Hall–Kier alpha value is -2.01. The van der Waals surface area contributed by atoms with Crippen LogP contribution >= 0.6 is 50.1 Å². The minimum absolute atomic E-state index is 0.404. The average Bonchev–Trinajstić information content (AvgIpc) is 2.72. The molecular formula is C23H16BrClINO2. The van der Waals surface area contributed by atoms with Gasteiger partial charge in [0.2, 0.25) is 0 Å². The molecule has 0 saturated carbocycles. The van der Waals surface area contributed by atoms with Crippen molar-refractivity contribution < 1.29 is 9.47 Å². The van der Waals surface area contributed by atoms with E-state index in [9.17, 15) is 5.26 Å². The van der Waals surface area contributed by atoms with Crippen LogP contribution in [0.15, 0.2) is 65.1 Å². The van der Waals surface area contributed by atoms with Gasteiger partial charge in [-0.05, 0) is 81.8 Å². The van der Waals surface area contributed by atoms with E-state index in [0.717, 1.165) is 24.7 Å². The van der Waals surface area contributed by atoms with Crippen molar-refractivity contribution >= 4 is 61.8 Å². The summed E-state index contributed by atoms with van der Waals surface area (Å²) in [6.07, 6.45) is 1.84. The average molecular weight is 581 g/mol. The molecule has 146 valence electrons. The quantitative estimate of drug-likeness (QED) is 0.174. The van der Waals surface area contributed by atoms with Gasteiger partial charge in [-0.15, -0.1) is 0 Å². The number of ether oxygens (including phenoxy) is 2. The summed E-state index contributed by atoms with van der Waals surface area (Å²) in [6.45, 7) is 0.404. The minimum atomic E-state index is 0.404. The van der Waals surface area contributed by atoms with E-state index in [1.807, 2.05) is 66.7 Å². The normalized spacial score (nSPS) is 11.1. The Bertz CT molecular complexity index is 1070. The fourth-order valence-electron chi connectivity index (χ4n) is 2.68. The van der Waals surface area contributed by atoms with Crippen LogP contribution in [0.1, 0.15) is 16.7 Å². The number of rotatable bonds is 6. The summed E-state index contributed by atoms with van der Waals surface area (Å²) in [7, 11) is 1.61. The zero-order valence-corrected chi connectivity index (χ0v) is 20.0. The van der Waals surface area contributed by atoms with E-state index in [2.05, 4.69) is 44.6 Å². The summed E-state index contributed by atoms with van der Waals surface area (Å²) in [5.41, 5.74) is 3.31. The van der Waals surface area contributed by atoms with E-state index in [1.54, 1.807) is 7.11 Å². The standard InChI is InChI=1S/C23H16BrClINO2/c1-28-22-12-16(10-18(13-27)17-4-6-19(24)7-5-17)11-21(26)23(22)29-14-15-2-8-20(25)9-3-15/h2-12H,14H2,1H3/b18-10-. The number of methoxy groups -OCH3 is 1. The molecule has 3 aromatic carbocycles. The van der Waals surface area contributed by atoms with Gasteiger partial charge < -0.3 is 9.47 Å². The molecule has 6 heteroatoms. The van der Waals surface area contributed by atoms with Crippen molar-refractivity contribution in [2.24, 2.45) is 0 Å². The molecule has 0 fully saturated rings. The predicted octanol–water partition coefficient (Wildman–Crippen LogP) is 7.36. The van der Waals surface area contributed by atoms with Crippen molar-refractivity contribution in [3.63, 3.8) is 0 Å². The van der Waals surface area contributed by atoms with Crippen molar-refractivity contribution in [1.29, 1.82) is 5.26 Å². The fourth-order valence-corrected chi connectivity index (χ4v) is 3.85. The molecule has 3 aromatic rings. The van der Waals surface area contributed by atoms with Crippen LogP contribution in [0.25, 0.3) is 11.6 Å². The lowest BCUT2D eigenvalue weighted by atomic mass is 10.0. The number of halogens is 3. The molecule has 0 amide bonds. The first-order valence-corrected chi connectivity index (χ1v) is 10.9. The molecule has 0 aliphatic heterocycles. The fraction of sp³-hybridized carbons (Fsp3) is 0.0870. The summed E-state index contributed by atoms with van der Waals surface area (Å²) in [5, 5.41) is 10.3. The van der Waals surface area contributed by atoms with Crippen molar-refractivity contribution in [2.45, 2.75) is 6.61 Å². The number of benzene rings is 3. The molecule has 0 spiro atoms. The second-order valence-corrected chi connectivity index (χ2v) is 8.64. The van der Waals surface area contributed by atoms with E-state index in [4.69, 9.17) is 21.1 Å². The summed E-state index contributed by atoms with van der Waals surface area (Å²) in [4.78, 5) is 0. The van der Waals surface area contributed by atoms with Crippen LogP contribution < -0.4 is 9.47 Å². The van der Waals surface area contributed by atoms with Gasteiger partial charge in [0.05, 0.1) is 22.3 Å². The first kappa shape index (κ1) is 21.7. The third kappa shape index (κ3) is 5.75. The third-order valence-electron chi connectivity index (χ3n) is 4.13. The predicted molar refractivity (Wildman–Crippen MR) is 129 cm³/mol. The van der Waals surface area contributed by atoms with Crippen LogP contribution in [0, 0.1) is 14.9 Å². The van der Waals surface area contributed by atoms with Crippen LogP contribution in [0.3, 0.4) is 0 Å². The van der Waals surface area contributed by atoms with Crippen LogP contribution in [0.5, 0.6) is 11.5 Å². The topological polar surface area (TPSA) is 42.2 Å². The molecule has 0 saturated heterocycles. The Morgan fingerprint density at radius 3 is 2.45 bits per heavy atom. The van der Waals surface area contributed by atoms with Crippen molar-refractivity contribution in [3.05, 3.63) is 90.4 Å². The maximum Gasteiger partial charge on any atom is 0.174 e. The molecule has 0 bridgehead atoms. The van der Waals surface area contributed by atoms with Gasteiger partial charge in [0.15, 0.2) is 11.5 Å². The van der Waals surface area contributed by atoms with Crippen molar-refractivity contribution in [3.8, 4) is 17.6 Å². The largest absolute Gasteiger partial charge is 0.493 e. The number of nitriles is 1. The monoisotopic (exact) mass is 579 g/mol. The zero-order chi connectivity index (χ0) is 20.8. The van der Waals surface area contributed by atoms with Gasteiger partial charge in [-0.25, -0.2) is 0 Å². The molecule has 3 rings (SSSR count).